The molecule has 2 amide bonds. The number of benzene rings is 1. The number of nitrogens with zero attached hydrogens (tertiary/aromatic N) is 3. The van der Waals surface area contributed by atoms with Gasteiger partial charge >= 0.3 is 0 Å². The fraction of sp³-hybridized carbons (Fsp3) is 0.421. The lowest BCUT2D eigenvalue weighted by atomic mass is 10.1. The van der Waals surface area contributed by atoms with E-state index < -0.39 is 0 Å². The fourth-order valence-corrected chi connectivity index (χ4v) is 3.06. The Labute approximate surface area is 147 Å². The van der Waals surface area contributed by atoms with E-state index in [1.54, 1.807) is 4.90 Å². The molecule has 6 nitrogen and oxygen atoms in total. The number of likely N-dealkylation sites (tertiary alicyclic amines) is 1. The highest BCUT2D eigenvalue weighted by atomic mass is 16.2. The minimum Gasteiger partial charge on any atom is -0.333 e. The molecule has 1 saturated heterocycles. The number of aryl methyl sites for hydroxylation is 1. The highest BCUT2D eigenvalue weighted by molar-refractivity contribution is 5.94. The summed E-state index contributed by atoms with van der Waals surface area (Å²) in [6.07, 6.45) is 4.34. The number of carbonyl (C=O) groups excluding carboxylic acids is 2. The van der Waals surface area contributed by atoms with Crippen LogP contribution in [-0.4, -0.2) is 39.6 Å². The van der Waals surface area contributed by atoms with Crippen LogP contribution in [0.2, 0.25) is 0 Å². The van der Waals surface area contributed by atoms with E-state index in [4.69, 9.17) is 0 Å². The van der Waals surface area contributed by atoms with Crippen LogP contribution in [0.3, 0.4) is 0 Å². The third-order valence-corrected chi connectivity index (χ3v) is 4.61. The first-order valence-electron chi connectivity index (χ1n) is 8.73. The molecule has 1 aromatic carbocycles. The van der Waals surface area contributed by atoms with Crippen molar-refractivity contribution in [2.24, 2.45) is 0 Å². The van der Waals surface area contributed by atoms with Crippen LogP contribution in [0.1, 0.15) is 43.4 Å². The van der Waals surface area contributed by atoms with E-state index in [1.165, 1.54) is 0 Å². The highest BCUT2D eigenvalue weighted by Crippen LogP contribution is 2.21. The second-order valence-corrected chi connectivity index (χ2v) is 6.55. The summed E-state index contributed by atoms with van der Waals surface area (Å²) in [7, 11) is 0. The first kappa shape index (κ1) is 17.2. The molecule has 2 heterocycles. The van der Waals surface area contributed by atoms with Crippen molar-refractivity contribution in [2.45, 2.75) is 39.2 Å². The number of amides is 2. The lowest BCUT2D eigenvalue weighted by Crippen LogP contribution is -2.40. The van der Waals surface area contributed by atoms with Gasteiger partial charge in [0, 0.05) is 24.7 Å². The van der Waals surface area contributed by atoms with E-state index in [1.807, 2.05) is 36.0 Å². The molecular formula is C19H24N4O2. The van der Waals surface area contributed by atoms with Crippen LogP contribution in [0.15, 0.2) is 36.5 Å². The lowest BCUT2D eigenvalue weighted by Gasteiger charge is -2.25. The van der Waals surface area contributed by atoms with Gasteiger partial charge in [-0.3, -0.25) is 14.3 Å². The Bertz CT molecular complexity index is 754. The predicted molar refractivity (Wildman–Crippen MR) is 96.3 cm³/mol. The normalized spacial score (nSPS) is 15.9. The van der Waals surface area contributed by atoms with Gasteiger partial charge in [0.25, 0.3) is 0 Å². The van der Waals surface area contributed by atoms with E-state index in [9.17, 15) is 9.59 Å². The Morgan fingerprint density at radius 2 is 2.04 bits per heavy atom. The maximum absolute atomic E-state index is 12.3. The smallest absolute Gasteiger partial charge is 0.245 e. The highest BCUT2D eigenvalue weighted by Gasteiger charge is 2.21. The Hall–Kier alpha value is -2.63. The third-order valence-electron chi connectivity index (χ3n) is 4.61. The van der Waals surface area contributed by atoms with E-state index >= 15 is 0 Å². The summed E-state index contributed by atoms with van der Waals surface area (Å²) < 4.78 is 1.85. The van der Waals surface area contributed by atoms with Crippen LogP contribution in [0.5, 0.6) is 0 Å². The Kier molecular flexibility index (Phi) is 5.16. The zero-order chi connectivity index (χ0) is 17.8. The van der Waals surface area contributed by atoms with Crippen LogP contribution in [0.4, 0.5) is 5.82 Å². The third kappa shape index (κ3) is 4.07. The van der Waals surface area contributed by atoms with Gasteiger partial charge in [-0.1, -0.05) is 30.3 Å². The van der Waals surface area contributed by atoms with Gasteiger partial charge in [0.15, 0.2) is 5.82 Å². The lowest BCUT2D eigenvalue weighted by molar-refractivity contribution is -0.136. The van der Waals surface area contributed by atoms with Gasteiger partial charge in [-0.05, 0) is 32.3 Å². The summed E-state index contributed by atoms with van der Waals surface area (Å²) in [6.45, 7) is 4.74. The van der Waals surface area contributed by atoms with Gasteiger partial charge in [0.1, 0.15) is 0 Å². The molecule has 1 aliphatic rings. The van der Waals surface area contributed by atoms with E-state index in [0.29, 0.717) is 18.8 Å². The van der Waals surface area contributed by atoms with Crippen LogP contribution >= 0.6 is 0 Å². The van der Waals surface area contributed by atoms with Crippen molar-refractivity contribution in [3.05, 3.63) is 47.7 Å². The molecule has 2 aromatic rings. The second kappa shape index (κ2) is 7.51. The summed E-state index contributed by atoms with van der Waals surface area (Å²) in [4.78, 5) is 25.7. The molecule has 132 valence electrons. The standard InChI is InChI=1S/C19H24N4O2/c1-14-12-23(15(2)16-8-4-3-5-9-16)21-19(14)20-17(24)13-22-11-7-6-10-18(22)25/h3-5,8-9,12,15H,6-7,10-11,13H2,1-2H3,(H,20,21,24)/t15-/m0/s1. The van der Waals surface area contributed by atoms with Crippen molar-refractivity contribution in [2.75, 3.05) is 18.4 Å². The molecule has 1 N–H and O–H groups in total. The zero-order valence-corrected chi connectivity index (χ0v) is 14.7. The molecule has 25 heavy (non-hydrogen) atoms. The Morgan fingerprint density at radius 3 is 2.76 bits per heavy atom. The van der Waals surface area contributed by atoms with Crippen molar-refractivity contribution in [3.8, 4) is 0 Å². The number of piperidine rings is 1. The van der Waals surface area contributed by atoms with Crippen LogP contribution in [0.25, 0.3) is 0 Å². The van der Waals surface area contributed by atoms with Crippen molar-refractivity contribution in [1.29, 1.82) is 0 Å². The Morgan fingerprint density at radius 1 is 1.28 bits per heavy atom. The maximum atomic E-state index is 12.3. The number of hydrogen-bond acceptors (Lipinski definition) is 3. The molecule has 3 rings (SSSR count). The minimum atomic E-state index is -0.198. The Balaban J connectivity index is 1.66. The molecule has 6 heteroatoms. The molecule has 0 unspecified atom stereocenters. The molecule has 0 bridgehead atoms. The van der Waals surface area contributed by atoms with Crippen molar-refractivity contribution in [1.82, 2.24) is 14.7 Å². The summed E-state index contributed by atoms with van der Waals surface area (Å²) in [5.41, 5.74) is 2.06. The quantitative estimate of drug-likeness (QED) is 0.910. The van der Waals surface area contributed by atoms with Crippen molar-refractivity contribution in [3.63, 3.8) is 0 Å². The predicted octanol–water partition coefficient (Wildman–Crippen LogP) is 2.75. The van der Waals surface area contributed by atoms with E-state index in [0.717, 1.165) is 24.0 Å². The maximum Gasteiger partial charge on any atom is 0.245 e. The summed E-state index contributed by atoms with van der Waals surface area (Å²) in [5.74, 6) is 0.412. The molecule has 1 atom stereocenters. The molecule has 1 aromatic heterocycles. The number of anilines is 1. The summed E-state index contributed by atoms with van der Waals surface area (Å²) in [6, 6.07) is 10.2. The molecule has 0 aliphatic carbocycles. The monoisotopic (exact) mass is 340 g/mol. The average Bonchev–Trinajstić information content (AvgIpc) is 2.97. The van der Waals surface area contributed by atoms with Gasteiger partial charge < -0.3 is 10.2 Å². The zero-order valence-electron chi connectivity index (χ0n) is 14.7. The van der Waals surface area contributed by atoms with Gasteiger partial charge in [-0.2, -0.15) is 5.10 Å². The first-order valence-corrected chi connectivity index (χ1v) is 8.73. The van der Waals surface area contributed by atoms with Crippen LogP contribution in [0, 0.1) is 6.92 Å². The largest absolute Gasteiger partial charge is 0.333 e. The molecule has 1 aliphatic heterocycles. The molecule has 0 radical (unpaired) electrons. The van der Waals surface area contributed by atoms with Gasteiger partial charge in [0.2, 0.25) is 11.8 Å². The number of hydrogen-bond donors (Lipinski definition) is 1. The van der Waals surface area contributed by atoms with E-state index in [-0.39, 0.29) is 24.4 Å². The second-order valence-electron chi connectivity index (χ2n) is 6.55. The van der Waals surface area contributed by atoms with Crippen molar-refractivity contribution < 1.29 is 9.59 Å². The SMILES string of the molecule is Cc1cn([C@@H](C)c2ccccc2)nc1NC(=O)CN1CCCCC1=O. The number of carbonyl (C=O) groups is 2. The molecule has 1 fully saturated rings. The van der Waals surface area contributed by atoms with Crippen LogP contribution in [-0.2, 0) is 9.59 Å². The van der Waals surface area contributed by atoms with E-state index in [2.05, 4.69) is 29.5 Å². The fourth-order valence-electron chi connectivity index (χ4n) is 3.06. The minimum absolute atomic E-state index is 0.0568. The average molecular weight is 340 g/mol. The van der Waals surface area contributed by atoms with Gasteiger partial charge in [0.05, 0.1) is 12.6 Å². The van der Waals surface area contributed by atoms with Gasteiger partial charge in [-0.15, -0.1) is 0 Å². The summed E-state index contributed by atoms with van der Waals surface area (Å²) >= 11 is 0. The molecular weight excluding hydrogens is 316 g/mol. The van der Waals surface area contributed by atoms with Crippen LogP contribution < -0.4 is 5.32 Å². The topological polar surface area (TPSA) is 67.2 Å². The number of nitrogens with one attached hydrogen (secondary N) is 1. The number of rotatable bonds is 5. The molecule has 0 spiro atoms. The first-order chi connectivity index (χ1) is 12.0. The number of aromatic nitrogens is 2. The van der Waals surface area contributed by atoms with Crippen molar-refractivity contribution >= 4 is 17.6 Å². The molecule has 0 saturated carbocycles. The van der Waals surface area contributed by atoms with Gasteiger partial charge in [-0.25, -0.2) is 0 Å². The summed E-state index contributed by atoms with van der Waals surface area (Å²) in [5, 5.41) is 7.36.